The fraction of sp³-hybridized carbons (Fsp3) is 0.211. The molecule has 2 heterocycles. The molecule has 14 heteroatoms. The van der Waals surface area contributed by atoms with Crippen molar-refractivity contribution in [1.29, 1.82) is 5.26 Å². The van der Waals surface area contributed by atoms with E-state index in [9.17, 15) is 26.7 Å². The zero-order valence-electron chi connectivity index (χ0n) is 16.4. The molecule has 0 saturated carbocycles. The SMILES string of the molecule is COc1nnc(C(F)F)cc1Cn1cnc(C(F)(F)F)c(Oc2cc(Cl)cc(C#N)c2)c1=O. The fourth-order valence-electron chi connectivity index (χ4n) is 2.69. The standard InChI is InChI=1S/C19H11ClF5N5O3/c1-32-17-10(4-13(16(21)22)28-29-17)7-30-8-27-15(19(23,24)25)14(18(30)31)33-12-3-9(6-26)2-11(20)5-12/h2-5,8,16H,7H2,1H3. The number of nitriles is 1. The maximum Gasteiger partial charge on any atom is 0.437 e. The van der Waals surface area contributed by atoms with Crippen molar-refractivity contribution in [2.75, 3.05) is 7.11 Å². The van der Waals surface area contributed by atoms with Crippen LogP contribution in [0.25, 0.3) is 0 Å². The average Bonchev–Trinajstić information content (AvgIpc) is 2.75. The van der Waals surface area contributed by atoms with Gasteiger partial charge in [-0.15, -0.1) is 10.2 Å². The Morgan fingerprint density at radius 3 is 2.55 bits per heavy atom. The van der Waals surface area contributed by atoms with E-state index in [-0.39, 0.29) is 27.8 Å². The molecule has 3 rings (SSSR count). The van der Waals surface area contributed by atoms with Crippen LogP contribution in [0.3, 0.4) is 0 Å². The van der Waals surface area contributed by atoms with Crippen LogP contribution in [0.1, 0.15) is 28.9 Å². The molecule has 0 fully saturated rings. The Hall–Kier alpha value is -3.79. The number of ether oxygens (including phenoxy) is 2. The predicted molar refractivity (Wildman–Crippen MR) is 102 cm³/mol. The molecule has 1 aromatic carbocycles. The first kappa shape index (κ1) is 23.9. The smallest absolute Gasteiger partial charge is 0.437 e. The van der Waals surface area contributed by atoms with Gasteiger partial charge in [-0.3, -0.25) is 9.36 Å². The highest BCUT2D eigenvalue weighted by atomic mass is 35.5. The van der Waals surface area contributed by atoms with Gasteiger partial charge in [0.05, 0.1) is 31.6 Å². The molecular formula is C19H11ClF5N5O3. The van der Waals surface area contributed by atoms with E-state index in [1.165, 1.54) is 13.2 Å². The van der Waals surface area contributed by atoms with E-state index in [0.717, 1.165) is 18.2 Å². The second-order valence-corrected chi connectivity index (χ2v) is 6.78. The molecule has 0 aliphatic rings. The van der Waals surface area contributed by atoms with Crippen LogP contribution in [0.5, 0.6) is 17.4 Å². The Bertz CT molecular complexity index is 1290. The van der Waals surface area contributed by atoms with Gasteiger partial charge in [0.1, 0.15) is 11.4 Å². The lowest BCUT2D eigenvalue weighted by atomic mass is 10.2. The number of benzene rings is 1. The third-order valence-electron chi connectivity index (χ3n) is 4.10. The van der Waals surface area contributed by atoms with E-state index in [1.54, 1.807) is 6.07 Å². The molecule has 0 saturated heterocycles. The Labute approximate surface area is 186 Å². The molecule has 172 valence electrons. The summed E-state index contributed by atoms with van der Waals surface area (Å²) < 4.78 is 77.2. The van der Waals surface area contributed by atoms with Crippen LogP contribution in [0, 0.1) is 11.3 Å². The third-order valence-corrected chi connectivity index (χ3v) is 4.31. The zero-order chi connectivity index (χ0) is 24.3. The summed E-state index contributed by atoms with van der Waals surface area (Å²) in [7, 11) is 1.17. The van der Waals surface area contributed by atoms with Crippen molar-refractivity contribution in [2.24, 2.45) is 0 Å². The van der Waals surface area contributed by atoms with Gasteiger partial charge in [0.2, 0.25) is 11.6 Å². The number of methoxy groups -OCH3 is 1. The maximum absolute atomic E-state index is 13.5. The molecule has 0 bridgehead atoms. The number of aromatic nitrogens is 4. The maximum atomic E-state index is 13.5. The summed E-state index contributed by atoms with van der Waals surface area (Å²) in [4.78, 5) is 16.1. The largest absolute Gasteiger partial charge is 0.480 e. The first-order valence-corrected chi connectivity index (χ1v) is 9.15. The number of rotatable bonds is 6. The molecule has 0 radical (unpaired) electrons. The Morgan fingerprint density at radius 1 is 1.21 bits per heavy atom. The monoisotopic (exact) mass is 487 g/mol. The summed E-state index contributed by atoms with van der Waals surface area (Å²) in [6.45, 7) is -0.530. The quantitative estimate of drug-likeness (QED) is 0.476. The van der Waals surface area contributed by atoms with Gasteiger partial charge in [-0.1, -0.05) is 11.6 Å². The van der Waals surface area contributed by atoms with Gasteiger partial charge in [0.25, 0.3) is 12.0 Å². The van der Waals surface area contributed by atoms with Crippen molar-refractivity contribution < 1.29 is 31.4 Å². The summed E-state index contributed by atoms with van der Waals surface area (Å²) in [5.41, 5.74) is -3.73. The normalized spacial score (nSPS) is 11.4. The molecule has 3 aromatic rings. The van der Waals surface area contributed by atoms with Crippen LogP contribution in [0.4, 0.5) is 22.0 Å². The van der Waals surface area contributed by atoms with Crippen LogP contribution in [-0.2, 0) is 12.7 Å². The summed E-state index contributed by atoms with van der Waals surface area (Å²) in [5.74, 6) is -1.74. The van der Waals surface area contributed by atoms with Crippen LogP contribution in [0.2, 0.25) is 5.02 Å². The molecule has 33 heavy (non-hydrogen) atoms. The third kappa shape index (κ3) is 5.35. The van der Waals surface area contributed by atoms with Crippen molar-refractivity contribution in [3.8, 4) is 23.4 Å². The van der Waals surface area contributed by atoms with Gasteiger partial charge in [0.15, 0.2) is 5.69 Å². The van der Waals surface area contributed by atoms with Gasteiger partial charge in [0, 0.05) is 10.6 Å². The lowest BCUT2D eigenvalue weighted by Crippen LogP contribution is -2.27. The highest BCUT2D eigenvalue weighted by Crippen LogP contribution is 2.35. The Kier molecular flexibility index (Phi) is 6.78. The predicted octanol–water partition coefficient (Wildman–Crippen LogP) is 4.36. The Balaban J connectivity index is 2.12. The summed E-state index contributed by atoms with van der Waals surface area (Å²) >= 11 is 5.84. The molecule has 0 aliphatic carbocycles. The van der Waals surface area contributed by atoms with Crippen molar-refractivity contribution >= 4 is 11.6 Å². The lowest BCUT2D eigenvalue weighted by molar-refractivity contribution is -0.142. The summed E-state index contributed by atoms with van der Waals surface area (Å²) in [6, 6.07) is 6.07. The molecule has 2 aromatic heterocycles. The molecule has 8 nitrogen and oxygen atoms in total. The minimum Gasteiger partial charge on any atom is -0.480 e. The highest BCUT2D eigenvalue weighted by molar-refractivity contribution is 6.30. The number of hydrogen-bond donors (Lipinski definition) is 0. The van der Waals surface area contributed by atoms with Crippen molar-refractivity contribution in [2.45, 2.75) is 19.1 Å². The second kappa shape index (κ2) is 9.37. The molecule has 0 unspecified atom stereocenters. The van der Waals surface area contributed by atoms with Crippen molar-refractivity contribution in [3.05, 3.63) is 68.5 Å². The minimum atomic E-state index is -5.07. The van der Waals surface area contributed by atoms with Gasteiger partial charge in [-0.25, -0.2) is 13.8 Å². The van der Waals surface area contributed by atoms with Crippen LogP contribution in [0.15, 0.2) is 35.4 Å². The van der Waals surface area contributed by atoms with E-state index >= 15 is 0 Å². The topological polar surface area (TPSA) is 103 Å². The number of nitrogens with zero attached hydrogens (tertiary/aromatic N) is 5. The molecular weight excluding hydrogens is 477 g/mol. The van der Waals surface area contributed by atoms with Crippen LogP contribution in [-0.4, -0.2) is 26.9 Å². The number of halogens is 6. The van der Waals surface area contributed by atoms with E-state index in [1.807, 2.05) is 0 Å². The minimum absolute atomic E-state index is 0.0195. The molecule has 0 aliphatic heterocycles. The molecule has 0 N–H and O–H groups in total. The van der Waals surface area contributed by atoms with Crippen LogP contribution >= 0.6 is 11.6 Å². The van der Waals surface area contributed by atoms with Gasteiger partial charge < -0.3 is 9.47 Å². The highest BCUT2D eigenvalue weighted by Gasteiger charge is 2.39. The van der Waals surface area contributed by atoms with Crippen LogP contribution < -0.4 is 15.0 Å². The molecule has 0 atom stereocenters. The van der Waals surface area contributed by atoms with Gasteiger partial charge in [-0.05, 0) is 24.3 Å². The van der Waals surface area contributed by atoms with Gasteiger partial charge in [-0.2, -0.15) is 18.4 Å². The van der Waals surface area contributed by atoms with E-state index in [4.69, 9.17) is 26.3 Å². The molecule has 0 spiro atoms. The van der Waals surface area contributed by atoms with Crippen molar-refractivity contribution in [1.82, 2.24) is 19.7 Å². The van der Waals surface area contributed by atoms with E-state index in [0.29, 0.717) is 10.9 Å². The molecule has 0 amide bonds. The van der Waals surface area contributed by atoms with E-state index < -0.39 is 41.8 Å². The summed E-state index contributed by atoms with van der Waals surface area (Å²) in [6.07, 6.45) is -7.47. The van der Waals surface area contributed by atoms with E-state index in [2.05, 4.69) is 15.2 Å². The zero-order valence-corrected chi connectivity index (χ0v) is 17.2. The number of hydrogen-bond acceptors (Lipinski definition) is 7. The number of alkyl halides is 5. The van der Waals surface area contributed by atoms with Gasteiger partial charge >= 0.3 is 6.18 Å². The Morgan fingerprint density at radius 2 is 1.94 bits per heavy atom. The van der Waals surface area contributed by atoms with Crippen molar-refractivity contribution in [3.63, 3.8) is 0 Å². The second-order valence-electron chi connectivity index (χ2n) is 6.35. The fourth-order valence-corrected chi connectivity index (χ4v) is 2.92. The first-order valence-electron chi connectivity index (χ1n) is 8.77. The average molecular weight is 488 g/mol. The first-order chi connectivity index (χ1) is 15.5. The summed E-state index contributed by atoms with van der Waals surface area (Å²) in [5, 5.41) is 15.7. The lowest BCUT2D eigenvalue weighted by Gasteiger charge is -2.15.